The molecular formula is C19H12ClF3N4O3. The molecule has 30 heavy (non-hydrogen) atoms. The van der Waals surface area contributed by atoms with E-state index < -0.39 is 28.3 Å². The number of rotatable bonds is 3. The summed E-state index contributed by atoms with van der Waals surface area (Å²) in [6, 6.07) is 9.53. The fourth-order valence-corrected chi connectivity index (χ4v) is 3.52. The third kappa shape index (κ3) is 3.39. The molecule has 2 heterocycles. The molecule has 0 radical (unpaired) electrons. The quantitative estimate of drug-likeness (QED) is 0.442. The zero-order chi connectivity index (χ0) is 21.6. The van der Waals surface area contributed by atoms with Crippen LogP contribution < -0.4 is 4.90 Å². The van der Waals surface area contributed by atoms with Gasteiger partial charge in [-0.1, -0.05) is 17.7 Å². The summed E-state index contributed by atoms with van der Waals surface area (Å²) in [4.78, 5) is 24.6. The number of aromatic nitrogens is 2. The Bertz CT molecular complexity index is 1160. The van der Waals surface area contributed by atoms with E-state index in [4.69, 9.17) is 11.6 Å². The molecule has 11 heteroatoms. The van der Waals surface area contributed by atoms with Crippen molar-refractivity contribution in [3.8, 4) is 5.69 Å². The Hall–Kier alpha value is -3.40. The maximum atomic E-state index is 13.9. The highest BCUT2D eigenvalue weighted by Gasteiger charge is 2.42. The average Bonchev–Trinajstić information content (AvgIpc) is 3.32. The first-order valence-electron chi connectivity index (χ1n) is 8.67. The topological polar surface area (TPSA) is 81.3 Å². The second-order valence-electron chi connectivity index (χ2n) is 6.57. The fourth-order valence-electron chi connectivity index (χ4n) is 3.39. The number of benzene rings is 2. The van der Waals surface area contributed by atoms with E-state index >= 15 is 0 Å². The lowest BCUT2D eigenvalue weighted by molar-refractivity contribution is -0.384. The van der Waals surface area contributed by atoms with E-state index in [0.29, 0.717) is 21.7 Å². The largest absolute Gasteiger partial charge is 0.434 e. The molecule has 4 rings (SSSR count). The molecule has 0 unspecified atom stereocenters. The number of amides is 1. The van der Waals surface area contributed by atoms with Gasteiger partial charge in [-0.25, -0.2) is 4.68 Å². The van der Waals surface area contributed by atoms with E-state index in [1.807, 2.05) is 0 Å². The summed E-state index contributed by atoms with van der Waals surface area (Å²) in [6.07, 6.45) is -3.63. The van der Waals surface area contributed by atoms with Crippen LogP contribution in [0.5, 0.6) is 0 Å². The lowest BCUT2D eigenvalue weighted by Crippen LogP contribution is -2.31. The Morgan fingerprint density at radius 1 is 1.17 bits per heavy atom. The Morgan fingerprint density at radius 3 is 2.50 bits per heavy atom. The molecule has 0 spiro atoms. The van der Waals surface area contributed by atoms with E-state index in [1.165, 1.54) is 42.5 Å². The molecule has 154 valence electrons. The molecule has 0 aliphatic carbocycles. The summed E-state index contributed by atoms with van der Waals surface area (Å²) in [6.45, 7) is 0.110. The van der Waals surface area contributed by atoms with Gasteiger partial charge < -0.3 is 4.90 Å². The molecule has 1 aromatic heterocycles. The van der Waals surface area contributed by atoms with Crippen LogP contribution >= 0.6 is 11.6 Å². The van der Waals surface area contributed by atoms with Crippen molar-refractivity contribution in [1.82, 2.24) is 9.78 Å². The van der Waals surface area contributed by atoms with Crippen molar-refractivity contribution in [2.45, 2.75) is 12.6 Å². The first-order valence-corrected chi connectivity index (χ1v) is 9.05. The van der Waals surface area contributed by atoms with Crippen LogP contribution in [-0.2, 0) is 12.6 Å². The average molecular weight is 437 g/mol. The number of alkyl halides is 3. The van der Waals surface area contributed by atoms with Crippen LogP contribution in [-0.4, -0.2) is 27.2 Å². The minimum absolute atomic E-state index is 0.0863. The number of nitro groups is 1. The van der Waals surface area contributed by atoms with Crippen molar-refractivity contribution < 1.29 is 22.9 Å². The Labute approximate surface area is 172 Å². The van der Waals surface area contributed by atoms with Gasteiger partial charge in [0.1, 0.15) is 0 Å². The molecule has 0 saturated carbocycles. The van der Waals surface area contributed by atoms with Crippen LogP contribution in [0.25, 0.3) is 5.69 Å². The van der Waals surface area contributed by atoms with Crippen molar-refractivity contribution in [1.29, 1.82) is 0 Å². The maximum Gasteiger partial charge on any atom is 0.434 e. The van der Waals surface area contributed by atoms with Gasteiger partial charge in [-0.05, 0) is 36.2 Å². The summed E-state index contributed by atoms with van der Waals surface area (Å²) in [5.41, 5.74) is -1.16. The molecule has 1 aliphatic rings. The molecule has 0 atom stereocenters. The standard InChI is InChI=1S/C19H12ClF3N4O3/c20-12-2-5-13(6-3-12)26-17(19(21,22)23)15(10-24-26)18(28)25-8-7-11-1-4-14(27(29)30)9-16(11)25/h1-6,9-10H,7-8H2. The van der Waals surface area contributed by atoms with Crippen molar-refractivity contribution >= 4 is 28.9 Å². The molecule has 0 N–H and O–H groups in total. The third-order valence-corrected chi connectivity index (χ3v) is 5.01. The Morgan fingerprint density at radius 2 is 1.87 bits per heavy atom. The molecule has 0 fully saturated rings. The smallest absolute Gasteiger partial charge is 0.307 e. The number of nitro benzene ring substituents is 1. The number of non-ortho nitro benzene ring substituents is 1. The molecule has 1 aliphatic heterocycles. The lowest BCUT2D eigenvalue weighted by Gasteiger charge is -2.18. The van der Waals surface area contributed by atoms with E-state index in [-0.39, 0.29) is 23.6 Å². The van der Waals surface area contributed by atoms with Crippen LogP contribution in [0, 0.1) is 10.1 Å². The minimum Gasteiger partial charge on any atom is -0.307 e. The highest BCUT2D eigenvalue weighted by molar-refractivity contribution is 6.30. The predicted octanol–water partition coefficient (Wildman–Crippen LogP) is 4.66. The van der Waals surface area contributed by atoms with E-state index in [1.54, 1.807) is 0 Å². The van der Waals surface area contributed by atoms with Gasteiger partial charge in [-0.3, -0.25) is 14.9 Å². The molecule has 0 bridgehead atoms. The van der Waals surface area contributed by atoms with Crippen LogP contribution in [0.15, 0.2) is 48.7 Å². The minimum atomic E-state index is -4.87. The normalized spacial score (nSPS) is 13.4. The van der Waals surface area contributed by atoms with Crippen molar-refractivity contribution in [3.63, 3.8) is 0 Å². The maximum absolute atomic E-state index is 13.9. The lowest BCUT2D eigenvalue weighted by atomic mass is 10.1. The van der Waals surface area contributed by atoms with Gasteiger partial charge in [0.15, 0.2) is 5.69 Å². The number of fused-ring (bicyclic) bond motifs is 1. The van der Waals surface area contributed by atoms with E-state index in [2.05, 4.69) is 5.10 Å². The van der Waals surface area contributed by atoms with E-state index in [9.17, 15) is 28.1 Å². The van der Waals surface area contributed by atoms with Crippen LogP contribution in [0.1, 0.15) is 21.6 Å². The second kappa shape index (κ2) is 7.13. The number of carbonyl (C=O) groups excluding carboxylic acids is 1. The van der Waals surface area contributed by atoms with Crippen molar-refractivity contribution in [2.24, 2.45) is 0 Å². The highest BCUT2D eigenvalue weighted by Crippen LogP contribution is 2.37. The van der Waals surface area contributed by atoms with E-state index in [0.717, 1.165) is 11.1 Å². The number of hydrogen-bond donors (Lipinski definition) is 0. The van der Waals surface area contributed by atoms with Gasteiger partial charge in [0.25, 0.3) is 11.6 Å². The first kappa shape index (κ1) is 19.9. The van der Waals surface area contributed by atoms with Gasteiger partial charge in [-0.15, -0.1) is 0 Å². The predicted molar refractivity (Wildman–Crippen MR) is 102 cm³/mol. The van der Waals surface area contributed by atoms with Crippen molar-refractivity contribution in [3.05, 3.63) is 80.6 Å². The summed E-state index contributed by atoms with van der Waals surface area (Å²) in [7, 11) is 0. The summed E-state index contributed by atoms with van der Waals surface area (Å²) in [5, 5.41) is 15.2. The molecule has 2 aromatic carbocycles. The molecule has 0 saturated heterocycles. The highest BCUT2D eigenvalue weighted by atomic mass is 35.5. The number of carbonyl (C=O) groups is 1. The second-order valence-corrected chi connectivity index (χ2v) is 7.01. The Kier molecular flexibility index (Phi) is 4.73. The van der Waals surface area contributed by atoms with Crippen LogP contribution in [0.3, 0.4) is 0 Å². The molecule has 1 amide bonds. The van der Waals surface area contributed by atoms with Gasteiger partial charge in [0, 0.05) is 23.7 Å². The zero-order valence-corrected chi connectivity index (χ0v) is 15.8. The molecule has 7 nitrogen and oxygen atoms in total. The van der Waals surface area contributed by atoms with Gasteiger partial charge >= 0.3 is 6.18 Å². The van der Waals surface area contributed by atoms with Crippen molar-refractivity contribution in [2.75, 3.05) is 11.4 Å². The summed E-state index contributed by atoms with van der Waals surface area (Å²) >= 11 is 5.79. The molecular weight excluding hydrogens is 425 g/mol. The number of halogens is 4. The first-order chi connectivity index (χ1) is 14.2. The fraction of sp³-hybridized carbons (Fsp3) is 0.158. The summed E-state index contributed by atoms with van der Waals surface area (Å²) in [5.74, 6) is -0.929. The molecule has 3 aromatic rings. The third-order valence-electron chi connectivity index (χ3n) is 4.76. The van der Waals surface area contributed by atoms with Crippen LogP contribution in [0.4, 0.5) is 24.5 Å². The zero-order valence-electron chi connectivity index (χ0n) is 15.1. The number of nitrogens with zero attached hydrogens (tertiary/aromatic N) is 4. The SMILES string of the molecule is O=C(c1cnn(-c2ccc(Cl)cc2)c1C(F)(F)F)N1CCc2ccc([N+](=O)[O-])cc21. The summed E-state index contributed by atoms with van der Waals surface area (Å²) < 4.78 is 42.3. The monoisotopic (exact) mass is 436 g/mol. The number of anilines is 1. The Balaban J connectivity index is 1.79. The van der Waals surface area contributed by atoms with Gasteiger partial charge in [-0.2, -0.15) is 18.3 Å². The van der Waals surface area contributed by atoms with Gasteiger partial charge in [0.05, 0.1) is 28.1 Å². The van der Waals surface area contributed by atoms with Crippen LogP contribution in [0.2, 0.25) is 5.02 Å². The number of hydrogen-bond acceptors (Lipinski definition) is 4. The van der Waals surface area contributed by atoms with Gasteiger partial charge in [0.2, 0.25) is 0 Å².